The summed E-state index contributed by atoms with van der Waals surface area (Å²) < 4.78 is 0.876. The van der Waals surface area contributed by atoms with Crippen LogP contribution in [0.1, 0.15) is 23.7 Å². The quantitative estimate of drug-likeness (QED) is 0.511. The molecule has 25 heavy (non-hydrogen) atoms. The fourth-order valence-electron chi connectivity index (χ4n) is 1.92. The monoisotopic (exact) mass is 441 g/mol. The molecule has 5 nitrogen and oxygen atoms in total. The maximum Gasteiger partial charge on any atom is 0.271 e. The van der Waals surface area contributed by atoms with Gasteiger partial charge in [-0.05, 0) is 49.4 Å². The SMILES string of the molecule is C/C(CC(=O)Nc1cc(Cl)cc(Cl)c1)=N/NC(=O)c1ccc(Br)cc1. The molecule has 0 saturated heterocycles. The average Bonchev–Trinajstić information content (AvgIpc) is 2.52. The van der Waals surface area contributed by atoms with Crippen molar-refractivity contribution in [2.45, 2.75) is 13.3 Å². The maximum atomic E-state index is 12.0. The molecule has 0 bridgehead atoms. The molecule has 0 aliphatic rings. The third-order valence-corrected chi connectivity index (χ3v) is 3.98. The van der Waals surface area contributed by atoms with E-state index in [1.165, 1.54) is 0 Å². The van der Waals surface area contributed by atoms with Crippen LogP contribution >= 0.6 is 39.1 Å². The Morgan fingerprint density at radius 2 is 1.68 bits per heavy atom. The average molecular weight is 443 g/mol. The summed E-state index contributed by atoms with van der Waals surface area (Å²) in [5, 5.41) is 7.46. The molecule has 0 radical (unpaired) electrons. The van der Waals surface area contributed by atoms with E-state index in [-0.39, 0.29) is 18.2 Å². The van der Waals surface area contributed by atoms with Gasteiger partial charge in [0.25, 0.3) is 5.91 Å². The summed E-state index contributed by atoms with van der Waals surface area (Å²) in [5.74, 6) is -0.647. The molecular weight excluding hydrogens is 429 g/mol. The van der Waals surface area contributed by atoms with Crippen LogP contribution in [0, 0.1) is 0 Å². The number of nitrogens with zero attached hydrogens (tertiary/aromatic N) is 1. The number of hydrogen-bond donors (Lipinski definition) is 2. The standard InChI is InChI=1S/C17H14BrCl2N3O2/c1-10(22-23-17(25)11-2-4-12(18)5-3-11)6-16(24)21-15-8-13(19)7-14(20)9-15/h2-5,7-9H,6H2,1H3,(H,21,24)(H,23,25)/b22-10-. The summed E-state index contributed by atoms with van der Waals surface area (Å²) in [5.41, 5.74) is 3.84. The van der Waals surface area contributed by atoms with Crippen LogP contribution in [0.4, 0.5) is 5.69 Å². The van der Waals surface area contributed by atoms with Gasteiger partial charge in [-0.1, -0.05) is 39.1 Å². The van der Waals surface area contributed by atoms with Crippen molar-refractivity contribution in [1.29, 1.82) is 0 Å². The minimum absolute atomic E-state index is 0.0186. The van der Waals surface area contributed by atoms with E-state index in [9.17, 15) is 9.59 Å². The number of anilines is 1. The van der Waals surface area contributed by atoms with E-state index in [0.29, 0.717) is 27.0 Å². The van der Waals surface area contributed by atoms with Crippen molar-refractivity contribution >= 4 is 62.3 Å². The second kappa shape index (κ2) is 8.99. The van der Waals surface area contributed by atoms with Crippen molar-refractivity contribution < 1.29 is 9.59 Å². The second-order valence-corrected chi connectivity index (χ2v) is 6.97. The summed E-state index contributed by atoms with van der Waals surface area (Å²) in [6, 6.07) is 11.6. The van der Waals surface area contributed by atoms with Gasteiger partial charge in [0.05, 0.1) is 6.42 Å². The molecule has 2 aromatic carbocycles. The molecule has 0 aliphatic carbocycles. The van der Waals surface area contributed by atoms with Crippen LogP contribution in [0.3, 0.4) is 0 Å². The molecule has 8 heteroatoms. The maximum absolute atomic E-state index is 12.0. The van der Waals surface area contributed by atoms with Crippen molar-refractivity contribution in [2.75, 3.05) is 5.32 Å². The van der Waals surface area contributed by atoms with Gasteiger partial charge in [0.2, 0.25) is 5.91 Å². The van der Waals surface area contributed by atoms with Gasteiger partial charge in [-0.2, -0.15) is 5.10 Å². The van der Waals surface area contributed by atoms with Crippen LogP contribution in [0.5, 0.6) is 0 Å². The molecule has 0 saturated carbocycles. The predicted octanol–water partition coefficient (Wildman–Crippen LogP) is 4.89. The fourth-order valence-corrected chi connectivity index (χ4v) is 2.71. The highest BCUT2D eigenvalue weighted by Crippen LogP contribution is 2.22. The Morgan fingerprint density at radius 1 is 1.08 bits per heavy atom. The van der Waals surface area contributed by atoms with E-state index in [1.54, 1.807) is 49.4 Å². The lowest BCUT2D eigenvalue weighted by atomic mass is 10.2. The van der Waals surface area contributed by atoms with Crippen LogP contribution in [0.25, 0.3) is 0 Å². The first kappa shape index (κ1) is 19.4. The Bertz CT molecular complexity index is 803. The van der Waals surface area contributed by atoms with Crippen molar-refractivity contribution in [1.82, 2.24) is 5.43 Å². The number of halogens is 3. The molecule has 0 aliphatic heterocycles. The highest BCUT2D eigenvalue weighted by Gasteiger charge is 2.08. The number of hydrogen-bond acceptors (Lipinski definition) is 3. The molecule has 0 aromatic heterocycles. The van der Waals surface area contributed by atoms with E-state index in [0.717, 1.165) is 4.47 Å². The molecule has 130 valence electrons. The summed E-state index contributed by atoms with van der Waals surface area (Å²) >= 11 is 15.1. The van der Waals surface area contributed by atoms with E-state index in [4.69, 9.17) is 23.2 Å². The van der Waals surface area contributed by atoms with Gasteiger partial charge < -0.3 is 5.32 Å². The normalized spacial score (nSPS) is 11.1. The molecule has 0 unspecified atom stereocenters. The number of nitrogens with one attached hydrogen (secondary N) is 2. The smallest absolute Gasteiger partial charge is 0.271 e. The van der Waals surface area contributed by atoms with E-state index in [1.807, 2.05) is 0 Å². The van der Waals surface area contributed by atoms with Gasteiger partial charge in [-0.3, -0.25) is 9.59 Å². The predicted molar refractivity (Wildman–Crippen MR) is 104 cm³/mol. The van der Waals surface area contributed by atoms with Crippen molar-refractivity contribution in [3.63, 3.8) is 0 Å². The third kappa shape index (κ3) is 6.49. The van der Waals surface area contributed by atoms with Crippen molar-refractivity contribution in [2.24, 2.45) is 5.10 Å². The van der Waals surface area contributed by atoms with Crippen LogP contribution < -0.4 is 10.7 Å². The van der Waals surface area contributed by atoms with Gasteiger partial charge in [-0.25, -0.2) is 5.43 Å². The summed E-state index contributed by atoms with van der Waals surface area (Å²) in [7, 11) is 0. The Morgan fingerprint density at radius 3 is 2.28 bits per heavy atom. The Labute approximate surface area is 163 Å². The zero-order chi connectivity index (χ0) is 18.4. The molecule has 2 aromatic rings. The van der Waals surface area contributed by atoms with E-state index in [2.05, 4.69) is 31.8 Å². The highest BCUT2D eigenvalue weighted by atomic mass is 79.9. The fraction of sp³-hybridized carbons (Fsp3) is 0.118. The zero-order valence-electron chi connectivity index (χ0n) is 13.1. The minimum Gasteiger partial charge on any atom is -0.326 e. The van der Waals surface area contributed by atoms with Crippen molar-refractivity contribution in [3.8, 4) is 0 Å². The van der Waals surface area contributed by atoms with E-state index >= 15 is 0 Å². The van der Waals surface area contributed by atoms with Crippen LogP contribution in [0.2, 0.25) is 10.0 Å². The van der Waals surface area contributed by atoms with Crippen LogP contribution in [0.15, 0.2) is 52.0 Å². The zero-order valence-corrected chi connectivity index (χ0v) is 16.2. The molecule has 2 N–H and O–H groups in total. The molecule has 0 spiro atoms. The first-order chi connectivity index (χ1) is 11.8. The number of carbonyl (C=O) groups excluding carboxylic acids is 2. The lowest BCUT2D eigenvalue weighted by Crippen LogP contribution is -2.21. The van der Waals surface area contributed by atoms with Gasteiger partial charge >= 0.3 is 0 Å². The third-order valence-electron chi connectivity index (χ3n) is 3.02. The number of amides is 2. The van der Waals surface area contributed by atoms with Gasteiger partial charge in [0.15, 0.2) is 0 Å². The molecule has 2 rings (SSSR count). The largest absolute Gasteiger partial charge is 0.326 e. The van der Waals surface area contributed by atoms with Crippen LogP contribution in [-0.2, 0) is 4.79 Å². The van der Waals surface area contributed by atoms with Crippen molar-refractivity contribution in [3.05, 3.63) is 62.5 Å². The first-order valence-electron chi connectivity index (χ1n) is 7.18. The minimum atomic E-state index is -0.353. The Balaban J connectivity index is 1.90. The van der Waals surface area contributed by atoms with Gasteiger partial charge in [0.1, 0.15) is 0 Å². The lowest BCUT2D eigenvalue weighted by Gasteiger charge is -2.07. The van der Waals surface area contributed by atoms with E-state index < -0.39 is 0 Å². The number of hydrazone groups is 1. The number of carbonyl (C=O) groups is 2. The second-order valence-electron chi connectivity index (χ2n) is 5.18. The first-order valence-corrected chi connectivity index (χ1v) is 8.73. The molecular formula is C17H14BrCl2N3O2. The molecule has 0 fully saturated rings. The van der Waals surface area contributed by atoms with Gasteiger partial charge in [0, 0.05) is 31.5 Å². The summed E-state index contributed by atoms with van der Waals surface area (Å²) in [6.07, 6.45) is 0.0186. The van der Waals surface area contributed by atoms with Crippen LogP contribution in [-0.4, -0.2) is 17.5 Å². The summed E-state index contributed by atoms with van der Waals surface area (Å²) in [6.45, 7) is 1.65. The Hall–Kier alpha value is -1.89. The highest BCUT2D eigenvalue weighted by molar-refractivity contribution is 9.10. The van der Waals surface area contributed by atoms with Gasteiger partial charge in [-0.15, -0.1) is 0 Å². The summed E-state index contributed by atoms with van der Waals surface area (Å²) in [4.78, 5) is 24.0. The lowest BCUT2D eigenvalue weighted by molar-refractivity contribution is -0.115. The molecule has 0 atom stereocenters. The molecule has 0 heterocycles. The number of rotatable bonds is 5. The topological polar surface area (TPSA) is 70.6 Å². The number of benzene rings is 2. The Kier molecular flexibility index (Phi) is 6.99. The molecule has 2 amide bonds.